The lowest BCUT2D eigenvalue weighted by Gasteiger charge is -2.13. The summed E-state index contributed by atoms with van der Waals surface area (Å²) in [5.41, 5.74) is 4.99. The summed E-state index contributed by atoms with van der Waals surface area (Å²) >= 11 is 1.88. The Bertz CT molecular complexity index is 532. The van der Waals surface area contributed by atoms with Gasteiger partial charge in [0.1, 0.15) is 11.8 Å². The third-order valence-corrected chi connectivity index (χ3v) is 3.13. The second-order valence-corrected chi connectivity index (χ2v) is 4.86. The molecule has 102 valence electrons. The average molecular weight is 378 g/mol. The predicted octanol–water partition coefficient (Wildman–Crippen LogP) is 0.0552. The molecule has 0 saturated carbocycles. The van der Waals surface area contributed by atoms with Crippen molar-refractivity contribution in [2.45, 2.75) is 12.5 Å². The molecule has 0 aliphatic carbocycles. The van der Waals surface area contributed by atoms with E-state index in [-0.39, 0.29) is 11.3 Å². The topological polar surface area (TPSA) is 130 Å². The smallest absolute Gasteiger partial charge is 0.326 e. The van der Waals surface area contributed by atoms with Crippen LogP contribution in [0.2, 0.25) is 0 Å². The largest absolute Gasteiger partial charge is 0.507 e. The maximum absolute atomic E-state index is 11.8. The summed E-state index contributed by atoms with van der Waals surface area (Å²) in [6.07, 6.45) is -0.503. The number of nitrogens with one attached hydrogen (secondary N) is 1. The van der Waals surface area contributed by atoms with Gasteiger partial charge in [0.05, 0.1) is 9.99 Å². The van der Waals surface area contributed by atoms with E-state index >= 15 is 0 Å². The van der Waals surface area contributed by atoms with Gasteiger partial charge < -0.3 is 21.3 Å². The molecule has 1 aromatic carbocycles. The summed E-state index contributed by atoms with van der Waals surface area (Å²) in [5, 5.41) is 20.5. The molecule has 0 aliphatic heterocycles. The number of carbonyl (C=O) groups excluding carboxylic acids is 2. The minimum Gasteiger partial charge on any atom is -0.507 e. The second kappa shape index (κ2) is 6.36. The van der Waals surface area contributed by atoms with Crippen molar-refractivity contribution in [3.8, 4) is 5.75 Å². The van der Waals surface area contributed by atoms with E-state index < -0.39 is 30.2 Å². The van der Waals surface area contributed by atoms with Gasteiger partial charge in [-0.1, -0.05) is 0 Å². The lowest BCUT2D eigenvalue weighted by molar-refractivity contribution is -0.140. The zero-order valence-electron chi connectivity index (χ0n) is 9.59. The Morgan fingerprint density at radius 1 is 1.37 bits per heavy atom. The highest BCUT2D eigenvalue weighted by atomic mass is 127. The van der Waals surface area contributed by atoms with Crippen LogP contribution in [0.3, 0.4) is 0 Å². The van der Waals surface area contributed by atoms with Crippen LogP contribution in [-0.4, -0.2) is 34.0 Å². The lowest BCUT2D eigenvalue weighted by atomic mass is 10.1. The standard InChI is InChI=1S/C11H11IN2O5/c12-6-2-1-5(3-8(6)15)10(17)14-7(11(18)19)4-9(13)16/h1-3,7,15H,4H2,(H2,13,16)(H,14,17)(H,18,19)/t7-/m0/s1. The summed E-state index contributed by atoms with van der Waals surface area (Å²) in [6.45, 7) is 0. The molecule has 0 aliphatic rings. The van der Waals surface area contributed by atoms with Gasteiger partial charge in [-0.15, -0.1) is 0 Å². The number of carboxylic acid groups (broad SMARTS) is 1. The lowest BCUT2D eigenvalue weighted by Crippen LogP contribution is -2.43. The van der Waals surface area contributed by atoms with Gasteiger partial charge >= 0.3 is 5.97 Å². The maximum Gasteiger partial charge on any atom is 0.326 e. The van der Waals surface area contributed by atoms with Crippen LogP contribution < -0.4 is 11.1 Å². The molecule has 1 rings (SSSR count). The molecule has 0 fully saturated rings. The number of rotatable bonds is 5. The maximum atomic E-state index is 11.8. The summed E-state index contributed by atoms with van der Waals surface area (Å²) in [6, 6.07) is 2.75. The SMILES string of the molecule is NC(=O)C[C@H](NC(=O)c1ccc(I)c(O)c1)C(=O)O. The van der Waals surface area contributed by atoms with Crippen LogP contribution in [-0.2, 0) is 9.59 Å². The molecule has 5 N–H and O–H groups in total. The summed E-state index contributed by atoms with van der Waals surface area (Å²) in [5.74, 6) is -2.99. The van der Waals surface area contributed by atoms with E-state index in [1.54, 1.807) is 0 Å². The highest BCUT2D eigenvalue weighted by molar-refractivity contribution is 14.1. The van der Waals surface area contributed by atoms with E-state index in [1.807, 2.05) is 22.6 Å². The number of phenols is 1. The number of nitrogens with two attached hydrogens (primary N) is 1. The van der Waals surface area contributed by atoms with Crippen LogP contribution in [0, 0.1) is 3.57 Å². The number of carboxylic acids is 1. The minimum absolute atomic E-state index is 0.0879. The monoisotopic (exact) mass is 378 g/mol. The Kier molecular flexibility index (Phi) is 5.10. The van der Waals surface area contributed by atoms with Gasteiger partial charge in [0.2, 0.25) is 5.91 Å². The normalized spacial score (nSPS) is 11.6. The average Bonchev–Trinajstić information content (AvgIpc) is 2.31. The summed E-state index contributed by atoms with van der Waals surface area (Å²) < 4.78 is 0.557. The first-order valence-electron chi connectivity index (χ1n) is 5.11. The van der Waals surface area contributed by atoms with E-state index in [9.17, 15) is 19.5 Å². The van der Waals surface area contributed by atoms with Gasteiger partial charge in [-0.25, -0.2) is 4.79 Å². The van der Waals surface area contributed by atoms with Crippen LogP contribution in [0.25, 0.3) is 0 Å². The number of amides is 2. The van der Waals surface area contributed by atoms with Crippen molar-refractivity contribution in [2.75, 3.05) is 0 Å². The van der Waals surface area contributed by atoms with E-state index in [0.717, 1.165) is 0 Å². The van der Waals surface area contributed by atoms with E-state index in [0.29, 0.717) is 3.57 Å². The fourth-order valence-corrected chi connectivity index (χ4v) is 1.63. The second-order valence-electron chi connectivity index (χ2n) is 3.70. The van der Waals surface area contributed by atoms with Crippen molar-refractivity contribution in [1.29, 1.82) is 0 Å². The molecule has 7 nitrogen and oxygen atoms in total. The van der Waals surface area contributed by atoms with Crippen LogP contribution >= 0.6 is 22.6 Å². The van der Waals surface area contributed by atoms with E-state index in [4.69, 9.17) is 10.8 Å². The Hall–Kier alpha value is -1.84. The zero-order chi connectivity index (χ0) is 14.6. The molecule has 0 spiro atoms. The van der Waals surface area contributed by atoms with Crippen molar-refractivity contribution >= 4 is 40.4 Å². The quantitative estimate of drug-likeness (QED) is 0.539. The molecule has 0 radical (unpaired) electrons. The van der Waals surface area contributed by atoms with Crippen LogP contribution in [0.15, 0.2) is 18.2 Å². The highest BCUT2D eigenvalue weighted by Gasteiger charge is 2.22. The van der Waals surface area contributed by atoms with Crippen molar-refractivity contribution < 1.29 is 24.6 Å². The number of hydrogen-bond acceptors (Lipinski definition) is 4. The Morgan fingerprint density at radius 3 is 2.47 bits per heavy atom. The summed E-state index contributed by atoms with van der Waals surface area (Å²) in [4.78, 5) is 33.3. The third kappa shape index (κ3) is 4.39. The molecule has 1 aromatic rings. The van der Waals surface area contributed by atoms with Gasteiger partial charge in [-0.3, -0.25) is 9.59 Å². The fourth-order valence-electron chi connectivity index (χ4n) is 1.30. The zero-order valence-corrected chi connectivity index (χ0v) is 11.7. The Balaban J connectivity index is 2.84. The predicted molar refractivity (Wildman–Crippen MR) is 73.5 cm³/mol. The van der Waals surface area contributed by atoms with E-state index in [2.05, 4.69) is 5.32 Å². The molecule has 19 heavy (non-hydrogen) atoms. The molecule has 8 heteroatoms. The van der Waals surface area contributed by atoms with Crippen LogP contribution in [0.1, 0.15) is 16.8 Å². The molecular weight excluding hydrogens is 367 g/mol. The van der Waals surface area contributed by atoms with Gasteiger partial charge in [0.15, 0.2) is 0 Å². The first-order valence-corrected chi connectivity index (χ1v) is 6.19. The molecule has 0 bridgehead atoms. The Labute approximate surface area is 121 Å². The van der Waals surface area contributed by atoms with Crippen molar-refractivity contribution in [3.05, 3.63) is 27.3 Å². The number of aliphatic carboxylic acids is 1. The Morgan fingerprint density at radius 2 is 2.00 bits per heavy atom. The molecule has 0 heterocycles. The molecule has 0 aromatic heterocycles. The summed E-state index contributed by atoms with van der Waals surface area (Å²) in [7, 11) is 0. The van der Waals surface area contributed by atoms with Crippen molar-refractivity contribution in [3.63, 3.8) is 0 Å². The number of hydrogen-bond donors (Lipinski definition) is 4. The minimum atomic E-state index is -1.40. The number of benzene rings is 1. The van der Waals surface area contributed by atoms with Crippen LogP contribution in [0.5, 0.6) is 5.75 Å². The molecule has 1 atom stereocenters. The number of halogens is 1. The molecule has 0 unspecified atom stereocenters. The number of phenolic OH excluding ortho intramolecular Hbond substituents is 1. The third-order valence-electron chi connectivity index (χ3n) is 2.22. The van der Waals surface area contributed by atoms with Crippen LogP contribution in [0.4, 0.5) is 0 Å². The first kappa shape index (κ1) is 15.2. The highest BCUT2D eigenvalue weighted by Crippen LogP contribution is 2.20. The molecular formula is C11H11IN2O5. The van der Waals surface area contributed by atoms with Crippen molar-refractivity contribution in [1.82, 2.24) is 5.32 Å². The van der Waals surface area contributed by atoms with Gasteiger partial charge in [-0.2, -0.15) is 0 Å². The first-order chi connectivity index (χ1) is 8.81. The van der Waals surface area contributed by atoms with E-state index in [1.165, 1.54) is 18.2 Å². The molecule has 0 saturated heterocycles. The van der Waals surface area contributed by atoms with Gasteiger partial charge in [0, 0.05) is 5.56 Å². The van der Waals surface area contributed by atoms with Crippen molar-refractivity contribution in [2.24, 2.45) is 5.73 Å². The fraction of sp³-hybridized carbons (Fsp3) is 0.182. The number of carbonyl (C=O) groups is 3. The van der Waals surface area contributed by atoms with Gasteiger partial charge in [-0.05, 0) is 40.8 Å². The number of primary amides is 1. The number of aromatic hydroxyl groups is 1. The van der Waals surface area contributed by atoms with Gasteiger partial charge in [0.25, 0.3) is 5.91 Å². The molecule has 2 amide bonds.